The fourth-order valence-corrected chi connectivity index (χ4v) is 7.43. The van der Waals surface area contributed by atoms with Crippen molar-refractivity contribution in [3.63, 3.8) is 0 Å². The van der Waals surface area contributed by atoms with Gasteiger partial charge >= 0.3 is 5.97 Å². The van der Waals surface area contributed by atoms with Gasteiger partial charge in [0.1, 0.15) is 17.0 Å². The maximum atomic E-state index is 14.5. The molecular formula is C30H26ClFN4O3S. The lowest BCUT2D eigenvalue weighted by atomic mass is 9.60. The molecule has 1 aromatic carbocycles. The normalized spacial score (nSPS) is 18.2. The SMILES string of the molecule is C=Cc1cncc(Cl)c1-c1noc(C2CC2)c1C=C1CC2(CCN(c3nc4c(F)cc(C(=O)O)cc4s3)CC2)C1. The number of carboxylic acid groups (broad SMARTS) is 1. The van der Waals surface area contributed by atoms with E-state index < -0.39 is 11.8 Å². The van der Waals surface area contributed by atoms with Crippen LogP contribution in [0.25, 0.3) is 33.6 Å². The van der Waals surface area contributed by atoms with Crippen molar-refractivity contribution in [1.82, 2.24) is 15.1 Å². The number of aromatic nitrogens is 3. The first-order valence-corrected chi connectivity index (χ1v) is 14.6. The molecule has 3 aliphatic rings. The van der Waals surface area contributed by atoms with E-state index in [0.717, 1.165) is 91.0 Å². The molecule has 7 nitrogen and oxygen atoms in total. The van der Waals surface area contributed by atoms with Crippen LogP contribution in [0.1, 0.15) is 71.7 Å². The summed E-state index contributed by atoms with van der Waals surface area (Å²) in [5.41, 5.74) is 5.23. The van der Waals surface area contributed by atoms with Crippen molar-refractivity contribution in [2.24, 2.45) is 5.41 Å². The Balaban J connectivity index is 1.09. The average molecular weight is 577 g/mol. The van der Waals surface area contributed by atoms with Crippen molar-refractivity contribution >= 4 is 56.4 Å². The summed E-state index contributed by atoms with van der Waals surface area (Å²) in [4.78, 5) is 22.2. The predicted octanol–water partition coefficient (Wildman–Crippen LogP) is 7.82. The van der Waals surface area contributed by atoms with Gasteiger partial charge in [0.15, 0.2) is 10.9 Å². The number of hydrogen-bond donors (Lipinski definition) is 1. The Kier molecular flexibility index (Phi) is 6.05. The Bertz CT molecular complexity index is 1710. The minimum absolute atomic E-state index is 0.0562. The van der Waals surface area contributed by atoms with E-state index in [-0.39, 0.29) is 16.5 Å². The molecule has 7 rings (SSSR count). The molecule has 204 valence electrons. The molecular weight excluding hydrogens is 551 g/mol. The summed E-state index contributed by atoms with van der Waals surface area (Å²) in [5, 5.41) is 15.0. The van der Waals surface area contributed by atoms with E-state index in [9.17, 15) is 14.3 Å². The maximum Gasteiger partial charge on any atom is 0.335 e. The molecule has 0 bridgehead atoms. The van der Waals surface area contributed by atoms with Gasteiger partial charge in [0, 0.05) is 48.1 Å². The second-order valence-electron chi connectivity index (χ2n) is 11.1. The highest BCUT2D eigenvalue weighted by molar-refractivity contribution is 7.22. The van der Waals surface area contributed by atoms with Crippen molar-refractivity contribution < 1.29 is 18.8 Å². The Morgan fingerprint density at radius 2 is 2.02 bits per heavy atom. The van der Waals surface area contributed by atoms with E-state index in [1.807, 2.05) is 0 Å². The van der Waals surface area contributed by atoms with Crippen molar-refractivity contribution in [3.8, 4) is 11.3 Å². The zero-order valence-electron chi connectivity index (χ0n) is 21.6. The Morgan fingerprint density at radius 3 is 2.73 bits per heavy atom. The first kappa shape index (κ1) is 25.4. The van der Waals surface area contributed by atoms with E-state index in [2.05, 4.69) is 32.7 Å². The molecule has 3 aromatic heterocycles. The van der Waals surface area contributed by atoms with Gasteiger partial charge in [-0.05, 0) is 62.1 Å². The van der Waals surface area contributed by atoms with E-state index in [1.54, 1.807) is 18.5 Å². The minimum atomic E-state index is -1.14. The summed E-state index contributed by atoms with van der Waals surface area (Å²) >= 11 is 7.92. The molecule has 1 saturated heterocycles. The highest BCUT2D eigenvalue weighted by atomic mass is 35.5. The number of rotatable bonds is 6. The molecule has 1 N–H and O–H groups in total. The quantitative estimate of drug-likeness (QED) is 0.250. The number of nitrogens with zero attached hydrogens (tertiary/aromatic N) is 4. The number of aromatic carboxylic acids is 1. The molecule has 0 amide bonds. The van der Waals surface area contributed by atoms with Gasteiger partial charge in [-0.3, -0.25) is 4.98 Å². The second-order valence-corrected chi connectivity index (χ2v) is 12.5. The zero-order valence-corrected chi connectivity index (χ0v) is 23.2. The van der Waals surface area contributed by atoms with E-state index in [1.165, 1.54) is 23.0 Å². The van der Waals surface area contributed by atoms with Gasteiger partial charge in [0.05, 0.1) is 15.3 Å². The van der Waals surface area contributed by atoms with Crippen molar-refractivity contribution in [2.45, 2.75) is 44.4 Å². The molecule has 1 aliphatic heterocycles. The number of pyridine rings is 1. The lowest BCUT2D eigenvalue weighted by Crippen LogP contribution is -2.44. The lowest BCUT2D eigenvalue weighted by Gasteiger charge is -2.49. The molecule has 4 aromatic rings. The van der Waals surface area contributed by atoms with Crippen LogP contribution in [-0.4, -0.2) is 39.3 Å². The average Bonchev–Trinajstić information content (AvgIpc) is 3.54. The molecule has 40 heavy (non-hydrogen) atoms. The van der Waals surface area contributed by atoms with Crippen LogP contribution in [-0.2, 0) is 0 Å². The van der Waals surface area contributed by atoms with E-state index in [0.29, 0.717) is 15.6 Å². The highest BCUT2D eigenvalue weighted by Gasteiger charge is 2.44. The number of allylic oxidation sites excluding steroid dienone is 1. The van der Waals surface area contributed by atoms with Crippen LogP contribution in [0.3, 0.4) is 0 Å². The summed E-state index contributed by atoms with van der Waals surface area (Å²) in [6.45, 7) is 5.59. The predicted molar refractivity (Wildman–Crippen MR) is 154 cm³/mol. The fourth-order valence-electron chi connectivity index (χ4n) is 6.10. The van der Waals surface area contributed by atoms with Crippen LogP contribution in [0.15, 0.2) is 41.2 Å². The monoisotopic (exact) mass is 576 g/mol. The largest absolute Gasteiger partial charge is 0.478 e. The molecule has 4 heterocycles. The Hall–Kier alpha value is -3.56. The highest BCUT2D eigenvalue weighted by Crippen LogP contribution is 2.55. The van der Waals surface area contributed by atoms with Crippen LogP contribution in [0.2, 0.25) is 5.02 Å². The number of piperidine rings is 1. The first-order valence-electron chi connectivity index (χ1n) is 13.4. The third-order valence-electron chi connectivity index (χ3n) is 8.42. The van der Waals surface area contributed by atoms with Crippen molar-refractivity contribution in [3.05, 3.63) is 70.0 Å². The summed E-state index contributed by atoms with van der Waals surface area (Å²) < 4.78 is 20.9. The van der Waals surface area contributed by atoms with Crippen LogP contribution in [0.5, 0.6) is 0 Å². The molecule has 0 atom stereocenters. The van der Waals surface area contributed by atoms with Gasteiger partial charge in [0.2, 0.25) is 0 Å². The van der Waals surface area contributed by atoms with E-state index in [4.69, 9.17) is 16.1 Å². The van der Waals surface area contributed by atoms with Gasteiger partial charge in [-0.1, -0.05) is 46.3 Å². The number of benzene rings is 1. The number of hydrogen-bond acceptors (Lipinski definition) is 7. The van der Waals surface area contributed by atoms with Gasteiger partial charge in [-0.25, -0.2) is 14.2 Å². The van der Waals surface area contributed by atoms with Crippen LogP contribution < -0.4 is 4.90 Å². The van der Waals surface area contributed by atoms with Gasteiger partial charge in [-0.15, -0.1) is 0 Å². The second kappa shape index (κ2) is 9.52. The molecule has 0 unspecified atom stereocenters. The summed E-state index contributed by atoms with van der Waals surface area (Å²) in [7, 11) is 0. The Labute approximate surface area is 239 Å². The summed E-state index contributed by atoms with van der Waals surface area (Å²) in [5.74, 6) is -0.387. The van der Waals surface area contributed by atoms with Crippen LogP contribution in [0.4, 0.5) is 9.52 Å². The van der Waals surface area contributed by atoms with Crippen molar-refractivity contribution in [2.75, 3.05) is 18.0 Å². The number of carboxylic acids is 1. The Morgan fingerprint density at radius 1 is 1.25 bits per heavy atom. The standard InChI is InChI=1S/C30H26ClFN4O3S/c1-2-17-14-33-15-21(31)24(17)25-20(27(39-35-25)18-3-4-18)9-16-12-30(13-16)5-7-36(8-6-30)29-34-26-22(32)10-19(28(37)38)11-23(26)40-29/h2,9-11,14-15,18H,1,3-8,12-13H2,(H,37,38). The minimum Gasteiger partial charge on any atom is -0.478 e. The van der Waals surface area contributed by atoms with Crippen molar-refractivity contribution in [1.29, 1.82) is 0 Å². The molecule has 1 spiro atoms. The molecule has 3 fully saturated rings. The fraction of sp³-hybridized carbons (Fsp3) is 0.333. The van der Waals surface area contributed by atoms with Gasteiger partial charge in [-0.2, -0.15) is 0 Å². The summed E-state index contributed by atoms with van der Waals surface area (Å²) in [6, 6.07) is 2.54. The van der Waals surface area contributed by atoms with Gasteiger partial charge < -0.3 is 14.5 Å². The number of anilines is 1. The molecule has 2 aliphatic carbocycles. The third kappa shape index (κ3) is 4.32. The number of fused-ring (bicyclic) bond motifs is 1. The summed E-state index contributed by atoms with van der Waals surface area (Å²) in [6.07, 6.45) is 13.7. The van der Waals surface area contributed by atoms with Gasteiger partial charge in [0.25, 0.3) is 0 Å². The molecule has 10 heteroatoms. The lowest BCUT2D eigenvalue weighted by molar-refractivity contribution is 0.0696. The molecule has 2 saturated carbocycles. The van der Waals surface area contributed by atoms with Crippen LogP contribution in [0, 0.1) is 11.2 Å². The van der Waals surface area contributed by atoms with E-state index >= 15 is 0 Å². The molecule has 0 radical (unpaired) electrons. The third-order valence-corrected chi connectivity index (χ3v) is 9.77. The number of halogens is 2. The number of thiazole rings is 1. The topological polar surface area (TPSA) is 92.4 Å². The smallest absolute Gasteiger partial charge is 0.335 e. The first-order chi connectivity index (χ1) is 19.3. The van der Waals surface area contributed by atoms with Crippen LogP contribution >= 0.6 is 22.9 Å². The zero-order chi connectivity index (χ0) is 27.6. The maximum absolute atomic E-state index is 14.5. The number of carbonyl (C=O) groups is 1.